The molecule has 0 spiro atoms. The predicted molar refractivity (Wildman–Crippen MR) is 142 cm³/mol. The van der Waals surface area contributed by atoms with Crippen LogP contribution in [0.25, 0.3) is 0 Å². The molecular weight excluding hydrogens is 804 g/mol. The number of hydrogen-bond acceptors (Lipinski definition) is 15. The second-order valence-corrected chi connectivity index (χ2v) is 15.6. The third-order valence-electron chi connectivity index (χ3n) is 4.82. The third-order valence-corrected chi connectivity index (χ3v) is 7.93. The van der Waals surface area contributed by atoms with E-state index in [0.29, 0.717) is 0 Å². The monoisotopic (exact) mass is 827 g/mol. The van der Waals surface area contributed by atoms with Gasteiger partial charge in [-0.2, -0.15) is 0 Å². The number of aromatic carboxylic acids is 1. The van der Waals surface area contributed by atoms with Gasteiger partial charge in [0, 0.05) is 12.1 Å². The van der Waals surface area contributed by atoms with E-state index in [2.05, 4.69) is 27.1 Å². The number of carboxylic acid groups (broad SMARTS) is 1. The first-order chi connectivity index (χ1) is 21.2. The van der Waals surface area contributed by atoms with E-state index >= 15 is 0 Å². The van der Waals surface area contributed by atoms with E-state index in [1.54, 1.807) is 0 Å². The van der Waals surface area contributed by atoms with Crippen LogP contribution < -0.4 is 0 Å². The van der Waals surface area contributed by atoms with Crippen molar-refractivity contribution in [3.8, 4) is 0 Å². The SMILES string of the molecule is O=C(O)c1ccc([N+](=O)[O-])cc1.O=P(O)(O)OC1C(OP(=O)(O)O)C(OP(=O)(O)O)C(OP(=O)(O)O)C(OP(=O)(O)O)C1OP(=O)(O)O. The Labute approximate surface area is 263 Å². The Morgan fingerprint density at radius 1 is 0.500 bits per heavy atom. The Morgan fingerprint density at radius 3 is 0.812 bits per heavy atom. The maximum Gasteiger partial charge on any atom is 0.470 e. The number of hydrogen-bond donors (Lipinski definition) is 13. The van der Waals surface area contributed by atoms with Crippen LogP contribution in [0, 0.1) is 10.1 Å². The van der Waals surface area contributed by atoms with Gasteiger partial charge in [0.25, 0.3) is 5.69 Å². The minimum Gasteiger partial charge on any atom is -0.478 e. The van der Waals surface area contributed by atoms with Crippen LogP contribution in [-0.2, 0) is 54.5 Å². The van der Waals surface area contributed by atoms with Crippen molar-refractivity contribution >= 4 is 58.6 Å². The summed E-state index contributed by atoms with van der Waals surface area (Å²) in [6.07, 6.45) is -18.9. The van der Waals surface area contributed by atoms with Gasteiger partial charge in [0.15, 0.2) is 0 Å². The topological polar surface area (TPSA) is 481 Å². The average molecular weight is 827 g/mol. The molecule has 0 bridgehead atoms. The highest BCUT2D eigenvalue weighted by atomic mass is 31.2. The molecule has 1 fully saturated rings. The van der Waals surface area contributed by atoms with Gasteiger partial charge in [-0.05, 0) is 12.1 Å². The Hall–Kier alpha value is -1.25. The normalized spacial score (nSPS) is 24.3. The van der Waals surface area contributed by atoms with Crippen LogP contribution in [0.4, 0.5) is 5.69 Å². The Balaban J connectivity index is 0.000000800. The number of carbonyl (C=O) groups is 1. The van der Waals surface area contributed by atoms with Gasteiger partial charge in [-0.3, -0.25) is 37.3 Å². The molecular formula is C13H23NO28P6. The highest BCUT2D eigenvalue weighted by molar-refractivity contribution is 7.47. The number of benzene rings is 1. The number of nitro benzene ring substituents is 1. The molecule has 278 valence electrons. The molecule has 0 saturated heterocycles. The van der Waals surface area contributed by atoms with Gasteiger partial charge in [-0.25, -0.2) is 32.2 Å². The maximum absolute atomic E-state index is 11.4. The van der Waals surface area contributed by atoms with E-state index in [4.69, 9.17) is 63.8 Å². The summed E-state index contributed by atoms with van der Waals surface area (Å²) in [5, 5.41) is 18.6. The van der Waals surface area contributed by atoms with Gasteiger partial charge in [-0.1, -0.05) is 0 Å². The summed E-state index contributed by atoms with van der Waals surface area (Å²) in [5.41, 5.74) is -0.0689. The molecule has 0 atom stereocenters. The molecule has 1 aliphatic carbocycles. The zero-order chi connectivity index (χ0) is 37.8. The molecule has 1 aromatic rings. The van der Waals surface area contributed by atoms with Gasteiger partial charge in [0.1, 0.15) is 36.6 Å². The van der Waals surface area contributed by atoms with E-state index in [-0.39, 0.29) is 11.3 Å². The Kier molecular flexibility index (Phi) is 15.3. The molecule has 0 aliphatic heterocycles. The second kappa shape index (κ2) is 16.4. The van der Waals surface area contributed by atoms with Crippen LogP contribution in [0.5, 0.6) is 0 Å². The van der Waals surface area contributed by atoms with Crippen LogP contribution in [0.3, 0.4) is 0 Å². The molecule has 1 aromatic carbocycles. The fraction of sp³-hybridized carbons (Fsp3) is 0.462. The average Bonchev–Trinajstić information content (AvgIpc) is 2.82. The lowest BCUT2D eigenvalue weighted by atomic mass is 9.85. The molecule has 29 nitrogen and oxygen atoms in total. The molecule has 48 heavy (non-hydrogen) atoms. The Bertz CT molecular complexity index is 1310. The van der Waals surface area contributed by atoms with Crippen LogP contribution >= 0.6 is 46.9 Å². The molecule has 0 aromatic heterocycles. The molecule has 2 rings (SSSR count). The number of non-ortho nitro benzene ring substituents is 1. The van der Waals surface area contributed by atoms with Crippen molar-refractivity contribution in [2.24, 2.45) is 0 Å². The highest BCUT2D eigenvalue weighted by Crippen LogP contribution is 2.57. The zero-order valence-electron chi connectivity index (χ0n) is 22.3. The summed E-state index contributed by atoms with van der Waals surface area (Å²) in [5.74, 6) is -1.09. The zero-order valence-corrected chi connectivity index (χ0v) is 27.7. The summed E-state index contributed by atoms with van der Waals surface area (Å²) in [6.45, 7) is 0. The fourth-order valence-electron chi connectivity index (χ4n) is 3.52. The van der Waals surface area contributed by atoms with Crippen LogP contribution in [0.15, 0.2) is 24.3 Å². The number of rotatable bonds is 14. The lowest BCUT2D eigenvalue weighted by molar-refractivity contribution is -0.384. The van der Waals surface area contributed by atoms with Crippen molar-refractivity contribution in [3.63, 3.8) is 0 Å². The molecule has 1 saturated carbocycles. The van der Waals surface area contributed by atoms with Gasteiger partial charge >= 0.3 is 52.9 Å². The van der Waals surface area contributed by atoms with Crippen LogP contribution in [0.1, 0.15) is 10.4 Å². The fourth-order valence-corrected chi connectivity index (χ4v) is 6.86. The lowest BCUT2D eigenvalue weighted by Crippen LogP contribution is -2.66. The van der Waals surface area contributed by atoms with Crippen molar-refractivity contribution < 1.29 is 128 Å². The maximum atomic E-state index is 11.4. The molecule has 35 heteroatoms. The van der Waals surface area contributed by atoms with Crippen LogP contribution in [0.2, 0.25) is 0 Å². The summed E-state index contributed by atoms with van der Waals surface area (Å²) in [7, 11) is -36.1. The molecule has 13 N–H and O–H groups in total. The largest absolute Gasteiger partial charge is 0.478 e. The number of nitrogens with zero attached hydrogens (tertiary/aromatic N) is 1. The summed E-state index contributed by atoms with van der Waals surface area (Å²) in [6, 6.07) is 4.70. The first-order valence-electron chi connectivity index (χ1n) is 11.1. The second-order valence-electron chi connectivity index (χ2n) is 8.47. The minimum atomic E-state index is -6.02. The molecule has 0 unspecified atom stereocenters. The van der Waals surface area contributed by atoms with Crippen molar-refractivity contribution in [1.29, 1.82) is 0 Å². The number of phosphoric ester groups is 6. The van der Waals surface area contributed by atoms with Crippen molar-refractivity contribution in [2.75, 3.05) is 0 Å². The number of carboxylic acids is 1. The Morgan fingerprint density at radius 2 is 0.688 bits per heavy atom. The third kappa shape index (κ3) is 17.1. The van der Waals surface area contributed by atoms with E-state index in [1.165, 1.54) is 12.1 Å². The van der Waals surface area contributed by atoms with Gasteiger partial charge in [-0.15, -0.1) is 0 Å². The van der Waals surface area contributed by atoms with Crippen molar-refractivity contribution in [3.05, 3.63) is 39.9 Å². The molecule has 0 heterocycles. The van der Waals surface area contributed by atoms with E-state index in [0.717, 1.165) is 12.1 Å². The smallest absolute Gasteiger partial charge is 0.470 e. The van der Waals surface area contributed by atoms with E-state index in [1.807, 2.05) is 0 Å². The van der Waals surface area contributed by atoms with Crippen LogP contribution in [-0.4, -0.2) is 111 Å². The number of nitro groups is 1. The molecule has 0 radical (unpaired) electrons. The van der Waals surface area contributed by atoms with Crippen molar-refractivity contribution in [2.45, 2.75) is 36.6 Å². The lowest BCUT2D eigenvalue weighted by Gasteiger charge is -2.48. The predicted octanol–water partition coefficient (Wildman–Crippen LogP) is -1.84. The first kappa shape index (κ1) is 44.8. The quantitative estimate of drug-likeness (QED) is 0.0556. The minimum absolute atomic E-state index is 0.0422. The van der Waals surface area contributed by atoms with Gasteiger partial charge in [0.2, 0.25) is 0 Å². The highest BCUT2D eigenvalue weighted by Gasteiger charge is 2.62. The summed E-state index contributed by atoms with van der Waals surface area (Å²) in [4.78, 5) is 130. The molecule has 0 amide bonds. The van der Waals surface area contributed by atoms with E-state index in [9.17, 15) is 42.3 Å². The van der Waals surface area contributed by atoms with Gasteiger partial charge < -0.3 is 63.8 Å². The summed E-state index contributed by atoms with van der Waals surface area (Å²) < 4.78 is 93.1. The summed E-state index contributed by atoms with van der Waals surface area (Å²) >= 11 is 0. The van der Waals surface area contributed by atoms with Crippen molar-refractivity contribution in [1.82, 2.24) is 0 Å². The van der Waals surface area contributed by atoms with Gasteiger partial charge in [0.05, 0.1) is 10.5 Å². The standard InChI is InChI=1S/C7H5NO4.C6H18O24P6/c9-7(10)5-1-3-6(4-2-5)8(11)12;7-31(8,9)25-1-2(26-32(10,11)12)4(28-34(16,17)18)6(30-36(22,23)24)5(29-35(19,20)21)3(1)27-33(13,14)15/h1-4H,(H,9,10);1-6H,(H2,7,8,9)(H2,10,11,12)(H2,13,14,15)(H2,16,17,18)(H2,19,20,21)(H2,22,23,24). The molecule has 1 aliphatic rings. The number of phosphoric acid groups is 6. The van der Waals surface area contributed by atoms with E-state index < -0.39 is 94.5 Å². The first-order valence-corrected chi connectivity index (χ1v) is 20.3.